The topological polar surface area (TPSA) is 70.1 Å². The van der Waals surface area contributed by atoms with Crippen LogP contribution < -0.4 is 5.73 Å². The molecule has 5 nitrogen and oxygen atoms in total. The number of hydrogen-bond donors (Lipinski definition) is 1. The molecular formula is C23H27N3O2S. The van der Waals surface area contributed by atoms with Gasteiger partial charge in [-0.1, -0.05) is 62.0 Å². The highest BCUT2D eigenvalue weighted by molar-refractivity contribution is 7.99. The van der Waals surface area contributed by atoms with E-state index in [1.807, 2.05) is 18.2 Å². The quantitative estimate of drug-likeness (QED) is 0.566. The molecule has 1 heterocycles. The van der Waals surface area contributed by atoms with Crippen molar-refractivity contribution in [2.75, 3.05) is 0 Å². The summed E-state index contributed by atoms with van der Waals surface area (Å²) in [5.41, 5.74) is 9.80. The molecule has 1 aromatic heterocycles. The first kappa shape index (κ1) is 21.0. The maximum atomic E-state index is 11.2. The van der Waals surface area contributed by atoms with Crippen LogP contribution in [0.3, 0.4) is 0 Å². The first-order valence-corrected chi connectivity index (χ1v) is 10.5. The fourth-order valence-corrected chi connectivity index (χ4v) is 4.64. The third-order valence-electron chi connectivity index (χ3n) is 4.51. The molecular weight excluding hydrogens is 382 g/mol. The van der Waals surface area contributed by atoms with Crippen LogP contribution in [-0.2, 0) is 17.9 Å². The van der Waals surface area contributed by atoms with E-state index in [1.54, 1.807) is 11.8 Å². The Labute approximate surface area is 176 Å². The Hall–Kier alpha value is -2.73. The number of nitrogens with zero attached hydrogens (tertiary/aromatic N) is 2. The lowest BCUT2D eigenvalue weighted by Gasteiger charge is -2.14. The summed E-state index contributed by atoms with van der Waals surface area (Å²) in [5.74, 6) is 0.927. The van der Waals surface area contributed by atoms with Crippen molar-refractivity contribution in [2.45, 2.75) is 56.7 Å². The number of nitrogens with two attached hydrogens (primary N) is 1. The number of carbonyl (C=O) groups is 1. The lowest BCUT2D eigenvalue weighted by Crippen LogP contribution is -2.15. The van der Waals surface area contributed by atoms with Crippen LogP contribution >= 0.6 is 11.8 Å². The second-order valence-electron chi connectivity index (χ2n) is 7.48. The Bertz CT molecular complexity index is 977. The van der Waals surface area contributed by atoms with E-state index < -0.39 is 6.09 Å². The van der Waals surface area contributed by atoms with E-state index in [-0.39, 0.29) is 12.5 Å². The van der Waals surface area contributed by atoms with Crippen molar-refractivity contribution < 1.29 is 9.53 Å². The minimum Gasteiger partial charge on any atom is -0.442 e. The SMILES string of the molecule is Cc1cc(C)cc(Sc2c(C(C)C)nc(COC(N)=O)n2Cc2ccccc2)c1. The van der Waals surface area contributed by atoms with E-state index in [2.05, 4.69) is 62.6 Å². The van der Waals surface area contributed by atoms with Crippen LogP contribution in [0.15, 0.2) is 58.5 Å². The van der Waals surface area contributed by atoms with Crippen molar-refractivity contribution >= 4 is 17.9 Å². The normalized spacial score (nSPS) is 11.1. The molecule has 0 spiro atoms. The van der Waals surface area contributed by atoms with Gasteiger partial charge in [-0.3, -0.25) is 0 Å². The van der Waals surface area contributed by atoms with E-state index in [1.165, 1.54) is 16.0 Å². The zero-order valence-corrected chi connectivity index (χ0v) is 18.1. The molecule has 0 bridgehead atoms. The van der Waals surface area contributed by atoms with Crippen LogP contribution in [-0.4, -0.2) is 15.6 Å². The van der Waals surface area contributed by atoms with Gasteiger partial charge in [0.15, 0.2) is 6.61 Å². The van der Waals surface area contributed by atoms with Gasteiger partial charge in [-0.25, -0.2) is 9.78 Å². The molecule has 0 fully saturated rings. The number of aryl methyl sites for hydroxylation is 2. The van der Waals surface area contributed by atoms with Gasteiger partial charge in [-0.15, -0.1) is 0 Å². The third-order valence-corrected chi connectivity index (χ3v) is 5.60. The summed E-state index contributed by atoms with van der Waals surface area (Å²) in [7, 11) is 0. The molecule has 0 aliphatic heterocycles. The average molecular weight is 410 g/mol. The van der Waals surface area contributed by atoms with Crippen molar-refractivity contribution in [1.82, 2.24) is 9.55 Å². The molecule has 0 saturated heterocycles. The van der Waals surface area contributed by atoms with Crippen molar-refractivity contribution in [3.05, 3.63) is 76.7 Å². The summed E-state index contributed by atoms with van der Waals surface area (Å²) < 4.78 is 7.22. The molecule has 3 aromatic rings. The molecule has 0 aliphatic rings. The fraction of sp³-hybridized carbons (Fsp3) is 0.304. The molecule has 152 valence electrons. The van der Waals surface area contributed by atoms with Crippen molar-refractivity contribution in [3.63, 3.8) is 0 Å². The van der Waals surface area contributed by atoms with Gasteiger partial charge < -0.3 is 15.0 Å². The van der Waals surface area contributed by atoms with Crippen LogP contribution in [0, 0.1) is 13.8 Å². The molecule has 0 aliphatic carbocycles. The maximum absolute atomic E-state index is 11.2. The number of aromatic nitrogens is 2. The highest BCUT2D eigenvalue weighted by atomic mass is 32.2. The molecule has 0 unspecified atom stereocenters. The van der Waals surface area contributed by atoms with Gasteiger partial charge >= 0.3 is 6.09 Å². The summed E-state index contributed by atoms with van der Waals surface area (Å²) in [6.07, 6.45) is -0.797. The monoisotopic (exact) mass is 409 g/mol. The molecule has 2 aromatic carbocycles. The zero-order chi connectivity index (χ0) is 21.0. The highest BCUT2D eigenvalue weighted by Crippen LogP contribution is 2.36. The van der Waals surface area contributed by atoms with Crippen molar-refractivity contribution in [2.24, 2.45) is 5.73 Å². The molecule has 0 atom stereocenters. The van der Waals surface area contributed by atoms with Crippen molar-refractivity contribution in [1.29, 1.82) is 0 Å². The predicted octanol–water partition coefficient (Wildman–Crippen LogP) is 5.42. The summed E-state index contributed by atoms with van der Waals surface area (Å²) in [6, 6.07) is 16.7. The van der Waals surface area contributed by atoms with Crippen LogP contribution in [0.25, 0.3) is 0 Å². The van der Waals surface area contributed by atoms with Crippen LogP contribution in [0.4, 0.5) is 4.79 Å². The molecule has 29 heavy (non-hydrogen) atoms. The number of imidazole rings is 1. The number of carbonyl (C=O) groups excluding carboxylic acids is 1. The largest absolute Gasteiger partial charge is 0.442 e. The molecule has 2 N–H and O–H groups in total. The van der Waals surface area contributed by atoms with Crippen LogP contribution in [0.1, 0.15) is 48.0 Å². The number of ether oxygens (including phenoxy) is 1. The minimum atomic E-state index is -0.797. The van der Waals surface area contributed by atoms with E-state index >= 15 is 0 Å². The maximum Gasteiger partial charge on any atom is 0.404 e. The van der Waals surface area contributed by atoms with Gasteiger partial charge in [0.2, 0.25) is 0 Å². The molecule has 3 rings (SSSR count). The van der Waals surface area contributed by atoms with Gasteiger partial charge in [0, 0.05) is 11.4 Å². The van der Waals surface area contributed by atoms with Crippen LogP contribution in [0.2, 0.25) is 0 Å². The van der Waals surface area contributed by atoms with Crippen molar-refractivity contribution in [3.8, 4) is 0 Å². The predicted molar refractivity (Wildman–Crippen MR) is 116 cm³/mol. The Morgan fingerprint density at radius 3 is 2.38 bits per heavy atom. The molecule has 0 radical (unpaired) electrons. The smallest absolute Gasteiger partial charge is 0.404 e. The number of hydrogen-bond acceptors (Lipinski definition) is 4. The third kappa shape index (κ3) is 5.41. The number of primary amides is 1. The number of amides is 1. The van der Waals surface area contributed by atoms with E-state index in [4.69, 9.17) is 15.5 Å². The zero-order valence-electron chi connectivity index (χ0n) is 17.3. The second kappa shape index (κ2) is 9.18. The highest BCUT2D eigenvalue weighted by Gasteiger charge is 2.21. The first-order valence-electron chi connectivity index (χ1n) is 9.65. The van der Waals surface area contributed by atoms with Gasteiger partial charge in [-0.2, -0.15) is 0 Å². The second-order valence-corrected chi connectivity index (χ2v) is 8.54. The Kier molecular flexibility index (Phi) is 6.64. The Morgan fingerprint density at radius 1 is 1.14 bits per heavy atom. The lowest BCUT2D eigenvalue weighted by atomic mass is 10.1. The molecule has 1 amide bonds. The Balaban J connectivity index is 2.08. The number of rotatable bonds is 7. The van der Waals surface area contributed by atoms with Gasteiger partial charge in [0.25, 0.3) is 0 Å². The summed E-state index contributed by atoms with van der Waals surface area (Å²) in [4.78, 5) is 17.2. The minimum absolute atomic E-state index is 0.0509. The molecule has 0 saturated carbocycles. The average Bonchev–Trinajstić information content (AvgIpc) is 2.97. The summed E-state index contributed by atoms with van der Waals surface area (Å²) in [5, 5.41) is 1.07. The van der Waals surface area contributed by atoms with Gasteiger partial charge in [-0.05, 0) is 48.6 Å². The van der Waals surface area contributed by atoms with Gasteiger partial charge in [0.05, 0.1) is 5.69 Å². The summed E-state index contributed by atoms with van der Waals surface area (Å²) >= 11 is 1.70. The van der Waals surface area contributed by atoms with Gasteiger partial charge in [0.1, 0.15) is 10.9 Å². The fourth-order valence-electron chi connectivity index (χ4n) is 3.26. The number of benzene rings is 2. The Morgan fingerprint density at radius 2 is 1.79 bits per heavy atom. The van der Waals surface area contributed by atoms with E-state index in [9.17, 15) is 4.79 Å². The first-order chi connectivity index (χ1) is 13.8. The van der Waals surface area contributed by atoms with E-state index in [0.717, 1.165) is 16.3 Å². The molecule has 6 heteroatoms. The summed E-state index contributed by atoms with van der Waals surface area (Å²) in [6.45, 7) is 9.15. The lowest BCUT2D eigenvalue weighted by molar-refractivity contribution is 0.145. The van der Waals surface area contributed by atoms with E-state index in [0.29, 0.717) is 12.4 Å². The van der Waals surface area contributed by atoms with Crippen LogP contribution in [0.5, 0.6) is 0 Å². The standard InChI is InChI=1S/C23H27N3O2S/c1-15(2)21-22(29-19-11-16(3)10-17(4)12-19)26(13-18-8-6-5-7-9-18)20(25-21)14-28-23(24)27/h5-12,15H,13-14H2,1-4H3,(H2,24,27).